The molecule has 0 aromatic rings. The molecule has 5 N–H and O–H groups in total. The highest BCUT2D eigenvalue weighted by molar-refractivity contribution is 5.75. The van der Waals surface area contributed by atoms with Crippen molar-refractivity contribution in [3.05, 3.63) is 0 Å². The highest BCUT2D eigenvalue weighted by atomic mass is 16.1. The minimum Gasteiger partial charge on any atom is -0.304 e. The first-order chi connectivity index (χ1) is 4.13. The molecule has 4 nitrogen and oxygen atoms in total. The monoisotopic (exact) mass is 131 g/mol. The SMILES string of the molecule is CC(=O)CCNC(N)N. The van der Waals surface area contributed by atoms with Gasteiger partial charge in [0.2, 0.25) is 0 Å². The summed E-state index contributed by atoms with van der Waals surface area (Å²) in [7, 11) is 0. The Morgan fingerprint density at radius 1 is 1.67 bits per heavy atom. The molecule has 0 atom stereocenters. The maximum absolute atomic E-state index is 10.3. The number of ketones is 1. The molecule has 9 heavy (non-hydrogen) atoms. The molecule has 0 fully saturated rings. The van der Waals surface area contributed by atoms with Crippen molar-refractivity contribution in [2.24, 2.45) is 11.5 Å². The van der Waals surface area contributed by atoms with Crippen molar-refractivity contribution in [1.29, 1.82) is 0 Å². The van der Waals surface area contributed by atoms with E-state index in [2.05, 4.69) is 5.32 Å². The van der Waals surface area contributed by atoms with Gasteiger partial charge >= 0.3 is 0 Å². The lowest BCUT2D eigenvalue weighted by atomic mass is 10.3. The smallest absolute Gasteiger partial charge is 0.131 e. The Morgan fingerprint density at radius 2 is 2.22 bits per heavy atom. The highest BCUT2D eigenvalue weighted by Crippen LogP contribution is 1.76. The number of carbonyl (C=O) groups is 1. The van der Waals surface area contributed by atoms with E-state index < -0.39 is 6.29 Å². The zero-order valence-corrected chi connectivity index (χ0v) is 5.55. The zero-order valence-electron chi connectivity index (χ0n) is 5.55. The van der Waals surface area contributed by atoms with Gasteiger partial charge in [-0.2, -0.15) is 0 Å². The van der Waals surface area contributed by atoms with Crippen molar-refractivity contribution in [3.8, 4) is 0 Å². The third kappa shape index (κ3) is 7.55. The molecule has 0 bridgehead atoms. The minimum absolute atomic E-state index is 0.142. The Balaban J connectivity index is 3.01. The second kappa shape index (κ2) is 4.43. The normalized spacial score (nSPS) is 10.2. The topological polar surface area (TPSA) is 81.1 Å². The van der Waals surface area contributed by atoms with Gasteiger partial charge in [0.25, 0.3) is 0 Å². The van der Waals surface area contributed by atoms with Gasteiger partial charge in [0.05, 0.1) is 0 Å². The van der Waals surface area contributed by atoms with Crippen molar-refractivity contribution in [2.45, 2.75) is 19.6 Å². The number of carbonyl (C=O) groups excluding carboxylic acids is 1. The quantitative estimate of drug-likeness (QED) is 0.417. The molecule has 54 valence electrons. The van der Waals surface area contributed by atoms with Crippen molar-refractivity contribution < 1.29 is 4.79 Å². The summed E-state index contributed by atoms with van der Waals surface area (Å²) in [6.45, 7) is 2.09. The largest absolute Gasteiger partial charge is 0.304 e. The van der Waals surface area contributed by atoms with Crippen LogP contribution in [0.4, 0.5) is 0 Å². The Hall–Kier alpha value is -0.450. The predicted molar refractivity (Wildman–Crippen MR) is 35.5 cm³/mol. The summed E-state index contributed by atoms with van der Waals surface area (Å²) >= 11 is 0. The molecule has 0 aromatic carbocycles. The summed E-state index contributed by atoms with van der Waals surface area (Å²) in [5.41, 5.74) is 10.3. The van der Waals surface area contributed by atoms with E-state index in [-0.39, 0.29) is 5.78 Å². The van der Waals surface area contributed by atoms with Gasteiger partial charge in [-0.05, 0) is 6.92 Å². The summed E-state index contributed by atoms with van der Waals surface area (Å²) in [6, 6.07) is 0. The first kappa shape index (κ1) is 8.55. The lowest BCUT2D eigenvalue weighted by Gasteiger charge is -2.05. The van der Waals surface area contributed by atoms with Crippen LogP contribution in [0.2, 0.25) is 0 Å². The molecule has 0 amide bonds. The van der Waals surface area contributed by atoms with Crippen LogP contribution in [0, 0.1) is 0 Å². The van der Waals surface area contributed by atoms with Gasteiger partial charge in [-0.15, -0.1) is 0 Å². The number of Topliss-reactive ketones (excluding diaryl/α,β-unsaturated/α-hetero) is 1. The van der Waals surface area contributed by atoms with Gasteiger partial charge in [0.1, 0.15) is 12.1 Å². The van der Waals surface area contributed by atoms with E-state index in [1.807, 2.05) is 0 Å². The van der Waals surface area contributed by atoms with Gasteiger partial charge in [-0.25, -0.2) is 0 Å². The standard InChI is InChI=1S/C5H13N3O/c1-4(9)2-3-8-5(6)7/h5,8H,2-3,6-7H2,1H3. The van der Waals surface area contributed by atoms with Crippen LogP contribution < -0.4 is 16.8 Å². The molecule has 0 aliphatic carbocycles. The summed E-state index contributed by atoms with van der Waals surface area (Å²) in [6.07, 6.45) is -0.0189. The minimum atomic E-state index is -0.510. The molecule has 0 aromatic heterocycles. The maximum Gasteiger partial charge on any atom is 0.131 e. The Kier molecular flexibility index (Phi) is 4.21. The molecule has 0 heterocycles. The average Bonchev–Trinajstić information content (AvgIpc) is 1.63. The van der Waals surface area contributed by atoms with Crippen LogP contribution in [0.1, 0.15) is 13.3 Å². The van der Waals surface area contributed by atoms with Gasteiger partial charge in [0.15, 0.2) is 0 Å². The van der Waals surface area contributed by atoms with Gasteiger partial charge in [-0.3, -0.25) is 10.1 Å². The van der Waals surface area contributed by atoms with Crippen LogP contribution >= 0.6 is 0 Å². The molecule has 0 spiro atoms. The molecule has 0 saturated carbocycles. The second-order valence-electron chi connectivity index (χ2n) is 1.93. The summed E-state index contributed by atoms with van der Waals surface area (Å²) in [4.78, 5) is 10.3. The van der Waals surface area contributed by atoms with Gasteiger partial charge in [-0.1, -0.05) is 0 Å². The number of hydrogen-bond donors (Lipinski definition) is 3. The lowest BCUT2D eigenvalue weighted by molar-refractivity contribution is -0.116. The maximum atomic E-state index is 10.3. The van der Waals surface area contributed by atoms with E-state index in [1.165, 1.54) is 6.92 Å². The fourth-order valence-corrected chi connectivity index (χ4v) is 0.415. The molecule has 0 aliphatic rings. The van der Waals surface area contributed by atoms with Crippen molar-refractivity contribution in [2.75, 3.05) is 6.54 Å². The predicted octanol–water partition coefficient (Wildman–Crippen LogP) is -1.24. The van der Waals surface area contributed by atoms with E-state index in [9.17, 15) is 4.79 Å². The van der Waals surface area contributed by atoms with Crippen LogP contribution in [-0.2, 0) is 4.79 Å². The van der Waals surface area contributed by atoms with Crippen LogP contribution in [0.25, 0.3) is 0 Å². The summed E-state index contributed by atoms with van der Waals surface area (Å²) < 4.78 is 0. The molecule has 0 radical (unpaired) electrons. The van der Waals surface area contributed by atoms with Crippen LogP contribution in [-0.4, -0.2) is 18.6 Å². The third-order valence-corrected chi connectivity index (χ3v) is 0.857. The Morgan fingerprint density at radius 3 is 2.56 bits per heavy atom. The van der Waals surface area contributed by atoms with Crippen LogP contribution in [0.15, 0.2) is 0 Å². The van der Waals surface area contributed by atoms with E-state index in [0.717, 1.165) is 0 Å². The number of rotatable bonds is 4. The van der Waals surface area contributed by atoms with Crippen LogP contribution in [0.3, 0.4) is 0 Å². The fourth-order valence-electron chi connectivity index (χ4n) is 0.415. The molecule has 0 unspecified atom stereocenters. The first-order valence-electron chi connectivity index (χ1n) is 2.87. The Labute approximate surface area is 54.6 Å². The van der Waals surface area contributed by atoms with E-state index in [1.54, 1.807) is 0 Å². The zero-order chi connectivity index (χ0) is 7.28. The first-order valence-corrected chi connectivity index (χ1v) is 2.87. The molecule has 0 saturated heterocycles. The number of nitrogens with two attached hydrogens (primary N) is 2. The molecular formula is C5H13N3O. The van der Waals surface area contributed by atoms with Gasteiger partial charge < -0.3 is 11.5 Å². The molecular weight excluding hydrogens is 118 g/mol. The molecule has 0 aliphatic heterocycles. The average molecular weight is 131 g/mol. The van der Waals surface area contributed by atoms with Gasteiger partial charge in [0, 0.05) is 13.0 Å². The lowest BCUT2D eigenvalue weighted by Crippen LogP contribution is -2.45. The second-order valence-corrected chi connectivity index (χ2v) is 1.93. The third-order valence-electron chi connectivity index (χ3n) is 0.857. The van der Waals surface area contributed by atoms with Crippen molar-refractivity contribution >= 4 is 5.78 Å². The molecule has 4 heteroatoms. The fraction of sp³-hybridized carbons (Fsp3) is 0.800. The van der Waals surface area contributed by atoms with Crippen LogP contribution in [0.5, 0.6) is 0 Å². The van der Waals surface area contributed by atoms with E-state index in [0.29, 0.717) is 13.0 Å². The number of nitrogens with one attached hydrogen (secondary N) is 1. The Bertz CT molecular complexity index is 92.2. The van der Waals surface area contributed by atoms with Crippen molar-refractivity contribution in [1.82, 2.24) is 5.32 Å². The summed E-state index contributed by atoms with van der Waals surface area (Å²) in [5, 5.41) is 2.71. The highest BCUT2D eigenvalue weighted by Gasteiger charge is 1.93. The van der Waals surface area contributed by atoms with E-state index >= 15 is 0 Å². The van der Waals surface area contributed by atoms with E-state index in [4.69, 9.17) is 11.5 Å². The molecule has 0 rings (SSSR count). The number of hydrogen-bond acceptors (Lipinski definition) is 4. The summed E-state index contributed by atoms with van der Waals surface area (Å²) in [5.74, 6) is 0.142. The van der Waals surface area contributed by atoms with Crippen molar-refractivity contribution in [3.63, 3.8) is 0 Å².